The van der Waals surface area contributed by atoms with Gasteiger partial charge in [0, 0.05) is 39.3 Å². The Hall–Kier alpha value is -1.94. The summed E-state index contributed by atoms with van der Waals surface area (Å²) in [5.74, 6) is 0.998. The number of fused-ring (bicyclic) bond motifs is 5. The Labute approximate surface area is 214 Å². The third-order valence-corrected chi connectivity index (χ3v) is 7.29. The molecule has 1 saturated carbocycles. The highest BCUT2D eigenvalue weighted by molar-refractivity contribution is 14.0. The summed E-state index contributed by atoms with van der Waals surface area (Å²) in [7, 11) is 3.88. The highest BCUT2D eigenvalue weighted by Crippen LogP contribution is 2.52. The Balaban J connectivity index is 0.00000306. The van der Waals surface area contributed by atoms with Crippen LogP contribution in [0, 0.1) is 23.7 Å². The van der Waals surface area contributed by atoms with Crippen LogP contribution in [0.5, 0.6) is 0 Å². The first-order valence-corrected chi connectivity index (χ1v) is 11.7. The van der Waals surface area contributed by atoms with E-state index in [2.05, 4.69) is 70.9 Å². The topological polar surface area (TPSA) is 77.0 Å². The second-order valence-corrected chi connectivity index (χ2v) is 9.29. The number of benzene rings is 1. The highest BCUT2D eigenvalue weighted by atomic mass is 127. The molecule has 1 aromatic carbocycles. The zero-order valence-corrected chi connectivity index (χ0v) is 22.1. The lowest BCUT2D eigenvalue weighted by Crippen LogP contribution is -2.44. The van der Waals surface area contributed by atoms with Gasteiger partial charge in [0.2, 0.25) is 11.8 Å². The van der Waals surface area contributed by atoms with E-state index in [0.717, 1.165) is 25.9 Å². The molecular weight excluding hydrogens is 529 g/mol. The van der Waals surface area contributed by atoms with Gasteiger partial charge in [-0.25, -0.2) is 0 Å². The third kappa shape index (κ3) is 5.59. The van der Waals surface area contributed by atoms with E-state index >= 15 is 0 Å². The van der Waals surface area contributed by atoms with Gasteiger partial charge in [-0.15, -0.1) is 24.0 Å². The van der Waals surface area contributed by atoms with Gasteiger partial charge in [-0.1, -0.05) is 42.5 Å². The van der Waals surface area contributed by atoms with Gasteiger partial charge in [-0.05, 0) is 44.2 Å². The van der Waals surface area contributed by atoms with Crippen LogP contribution in [-0.4, -0.2) is 67.3 Å². The van der Waals surface area contributed by atoms with Gasteiger partial charge in [0.15, 0.2) is 5.96 Å². The van der Waals surface area contributed by atoms with Gasteiger partial charge in [0.25, 0.3) is 0 Å². The molecule has 180 valence electrons. The number of hydrogen-bond donors (Lipinski definition) is 2. The van der Waals surface area contributed by atoms with E-state index in [1.807, 2.05) is 6.07 Å². The maximum absolute atomic E-state index is 12.8. The molecule has 1 aromatic rings. The molecule has 2 amide bonds. The Bertz CT molecular complexity index is 860. The number of amides is 2. The fourth-order valence-corrected chi connectivity index (χ4v) is 5.34. The molecule has 3 aliphatic rings. The van der Waals surface area contributed by atoms with Crippen molar-refractivity contribution in [1.29, 1.82) is 0 Å². The van der Waals surface area contributed by atoms with Gasteiger partial charge in [0.1, 0.15) is 0 Å². The Morgan fingerprint density at radius 3 is 2.30 bits per heavy atom. The van der Waals surface area contributed by atoms with Crippen LogP contribution in [-0.2, 0) is 16.1 Å². The molecule has 2 bridgehead atoms. The summed E-state index contributed by atoms with van der Waals surface area (Å²) in [6, 6.07) is 10.9. The second kappa shape index (κ2) is 11.5. The first-order chi connectivity index (χ1) is 15.5. The van der Waals surface area contributed by atoms with Crippen LogP contribution in [0.15, 0.2) is 47.5 Å². The average molecular weight is 566 g/mol. The molecule has 0 radical (unpaired) electrons. The van der Waals surface area contributed by atoms with Gasteiger partial charge in [0.05, 0.1) is 11.8 Å². The van der Waals surface area contributed by atoms with E-state index in [1.54, 1.807) is 7.05 Å². The maximum atomic E-state index is 12.8. The Morgan fingerprint density at radius 1 is 1.09 bits per heavy atom. The minimum absolute atomic E-state index is 0. The van der Waals surface area contributed by atoms with E-state index in [1.165, 1.54) is 10.5 Å². The molecule has 0 aromatic heterocycles. The molecule has 5 atom stereocenters. The molecule has 1 heterocycles. The summed E-state index contributed by atoms with van der Waals surface area (Å²) in [4.78, 5) is 33.6. The van der Waals surface area contributed by atoms with Crippen molar-refractivity contribution >= 4 is 41.8 Å². The van der Waals surface area contributed by atoms with Crippen molar-refractivity contribution in [1.82, 2.24) is 20.4 Å². The van der Waals surface area contributed by atoms with Gasteiger partial charge >= 0.3 is 0 Å². The molecular formula is C25H36IN5O2. The van der Waals surface area contributed by atoms with E-state index in [9.17, 15) is 9.59 Å². The van der Waals surface area contributed by atoms with Crippen molar-refractivity contribution in [3.8, 4) is 0 Å². The second-order valence-electron chi connectivity index (χ2n) is 9.29. The SMILES string of the molecule is CN=C(NCCC(C)N(C)Cc1ccccc1)NCCN1C(=O)C2C3C=CC(C3)C2C1=O.I. The predicted octanol–water partition coefficient (Wildman–Crippen LogP) is 2.49. The van der Waals surface area contributed by atoms with E-state index in [4.69, 9.17) is 0 Å². The summed E-state index contributed by atoms with van der Waals surface area (Å²) >= 11 is 0. The number of allylic oxidation sites excluding steroid dienone is 2. The van der Waals surface area contributed by atoms with Crippen LogP contribution in [0.2, 0.25) is 0 Å². The van der Waals surface area contributed by atoms with Crippen LogP contribution in [0.4, 0.5) is 0 Å². The molecule has 4 rings (SSSR count). The molecule has 7 nitrogen and oxygen atoms in total. The number of carbonyl (C=O) groups excluding carboxylic acids is 2. The molecule has 1 aliphatic heterocycles. The van der Waals surface area contributed by atoms with Crippen LogP contribution in [0.1, 0.15) is 25.3 Å². The maximum Gasteiger partial charge on any atom is 0.233 e. The van der Waals surface area contributed by atoms with Crippen molar-refractivity contribution in [2.24, 2.45) is 28.7 Å². The molecule has 1 saturated heterocycles. The largest absolute Gasteiger partial charge is 0.356 e. The number of guanidine groups is 1. The summed E-state index contributed by atoms with van der Waals surface area (Å²) in [6.45, 7) is 4.83. The smallest absolute Gasteiger partial charge is 0.233 e. The monoisotopic (exact) mass is 565 g/mol. The van der Waals surface area contributed by atoms with E-state index < -0.39 is 0 Å². The number of likely N-dealkylation sites (tertiary alicyclic amines) is 1. The number of halogens is 1. The first-order valence-electron chi connectivity index (χ1n) is 11.7. The highest BCUT2D eigenvalue weighted by Gasteiger charge is 2.58. The molecule has 33 heavy (non-hydrogen) atoms. The minimum Gasteiger partial charge on any atom is -0.356 e. The normalized spacial score (nSPS) is 26.5. The number of rotatable bonds is 9. The lowest BCUT2D eigenvalue weighted by Gasteiger charge is -2.25. The zero-order valence-electron chi connectivity index (χ0n) is 19.7. The molecule has 8 heteroatoms. The quantitative estimate of drug-likeness (QED) is 0.158. The van der Waals surface area contributed by atoms with Gasteiger partial charge in [-0.2, -0.15) is 0 Å². The van der Waals surface area contributed by atoms with Crippen molar-refractivity contribution in [2.75, 3.05) is 33.7 Å². The average Bonchev–Trinajstić information content (AvgIpc) is 3.48. The van der Waals surface area contributed by atoms with E-state index in [0.29, 0.717) is 25.1 Å². The number of carbonyl (C=O) groups is 2. The van der Waals surface area contributed by atoms with Crippen LogP contribution >= 0.6 is 24.0 Å². The number of nitrogens with one attached hydrogen (secondary N) is 2. The standard InChI is InChI=1S/C25H35N5O2.HI/c1-17(29(3)16-18-7-5-4-6-8-18)11-12-27-25(26-2)28-13-14-30-23(31)21-19-9-10-20(15-19)22(21)24(30)32;/h4-10,17,19-22H,11-16H2,1-3H3,(H2,26,27,28);1H. The minimum atomic E-state index is -0.121. The van der Waals surface area contributed by atoms with Crippen molar-refractivity contribution in [3.63, 3.8) is 0 Å². The molecule has 0 spiro atoms. The molecule has 2 N–H and O–H groups in total. The Morgan fingerprint density at radius 2 is 1.70 bits per heavy atom. The summed E-state index contributed by atoms with van der Waals surface area (Å²) in [5, 5.41) is 6.59. The first kappa shape index (κ1) is 25.7. The fourth-order valence-electron chi connectivity index (χ4n) is 5.34. The molecule has 5 unspecified atom stereocenters. The number of nitrogens with zero attached hydrogens (tertiary/aromatic N) is 3. The van der Waals surface area contributed by atoms with Crippen molar-refractivity contribution < 1.29 is 9.59 Å². The molecule has 2 aliphatic carbocycles. The zero-order chi connectivity index (χ0) is 22.7. The van der Waals surface area contributed by atoms with Crippen molar-refractivity contribution in [3.05, 3.63) is 48.0 Å². The summed E-state index contributed by atoms with van der Waals surface area (Å²) < 4.78 is 0. The number of aliphatic imine (C=N–C) groups is 1. The lowest BCUT2D eigenvalue weighted by atomic mass is 9.85. The van der Waals surface area contributed by atoms with Crippen molar-refractivity contribution in [2.45, 2.75) is 32.4 Å². The third-order valence-electron chi connectivity index (χ3n) is 7.29. The van der Waals surface area contributed by atoms with Gasteiger partial charge < -0.3 is 10.6 Å². The number of imide groups is 1. The van der Waals surface area contributed by atoms with Crippen LogP contribution < -0.4 is 10.6 Å². The van der Waals surface area contributed by atoms with Gasteiger partial charge in [-0.3, -0.25) is 24.4 Å². The summed E-state index contributed by atoms with van der Waals surface area (Å²) in [5.41, 5.74) is 1.31. The van der Waals surface area contributed by atoms with Crippen LogP contribution in [0.3, 0.4) is 0 Å². The lowest BCUT2D eigenvalue weighted by molar-refractivity contribution is -0.140. The Kier molecular flexibility index (Phi) is 8.92. The number of hydrogen-bond acceptors (Lipinski definition) is 4. The molecule has 2 fully saturated rings. The van der Waals surface area contributed by atoms with E-state index in [-0.39, 0.29) is 59.5 Å². The predicted molar refractivity (Wildman–Crippen MR) is 141 cm³/mol. The van der Waals surface area contributed by atoms with Crippen LogP contribution in [0.25, 0.3) is 0 Å². The summed E-state index contributed by atoms with van der Waals surface area (Å²) in [6.07, 6.45) is 6.20. The fraction of sp³-hybridized carbons (Fsp3) is 0.560.